The highest BCUT2D eigenvalue weighted by molar-refractivity contribution is 5.91. The largest absolute Gasteiger partial charge is 0.461 e. The van der Waals surface area contributed by atoms with Crippen LogP contribution in [-0.2, 0) is 21.1 Å². The summed E-state index contributed by atoms with van der Waals surface area (Å²) < 4.78 is 7.80. The zero-order chi connectivity index (χ0) is 27.6. The summed E-state index contributed by atoms with van der Waals surface area (Å²) in [5.74, 6) is -0.642. The highest BCUT2D eigenvalue weighted by atomic mass is 17.2. The summed E-state index contributed by atoms with van der Waals surface area (Å²) in [4.78, 5) is 48.8. The first-order chi connectivity index (χ1) is 19.0. The van der Waals surface area contributed by atoms with Gasteiger partial charge in [-0.05, 0) is 56.3 Å². The van der Waals surface area contributed by atoms with E-state index in [1.807, 2.05) is 24.3 Å². The van der Waals surface area contributed by atoms with E-state index in [-0.39, 0.29) is 30.0 Å². The maximum atomic E-state index is 13.1. The molecule has 0 saturated heterocycles. The number of hydrogen-bond donors (Lipinski definition) is 2. The molecular formula is C29H28N4O6. The molecule has 2 aromatic carbocycles. The lowest BCUT2D eigenvalue weighted by Gasteiger charge is -2.02. The quantitative estimate of drug-likeness (QED) is 0.0753. The number of hydrogen-bond acceptors (Lipinski definition) is 6. The number of benzene rings is 2. The van der Waals surface area contributed by atoms with Gasteiger partial charge in [-0.25, -0.2) is 23.9 Å². The molecule has 10 heteroatoms. The highest BCUT2D eigenvalue weighted by Crippen LogP contribution is 2.12. The third-order valence-electron chi connectivity index (χ3n) is 5.53. The van der Waals surface area contributed by atoms with E-state index in [9.17, 15) is 14.4 Å². The molecule has 2 N–H and O–H groups in total. The lowest BCUT2D eigenvalue weighted by Crippen LogP contribution is -2.15. The first kappa shape index (κ1) is 27.2. The SMILES string of the molecule is CCOOCc1[nH]n(-c2ccccc2)c(=O)c1C=C=CC=Cc1c(C(=O)OCC)[nH]n(-c2ccccc2)c1=O. The van der Waals surface area contributed by atoms with Crippen LogP contribution in [-0.4, -0.2) is 38.7 Å². The molecule has 0 spiro atoms. The third kappa shape index (κ3) is 6.34. The molecular weight excluding hydrogens is 500 g/mol. The lowest BCUT2D eigenvalue weighted by atomic mass is 10.2. The van der Waals surface area contributed by atoms with E-state index >= 15 is 0 Å². The number of carbonyl (C=O) groups is 1. The van der Waals surface area contributed by atoms with Crippen LogP contribution >= 0.6 is 0 Å². The maximum Gasteiger partial charge on any atom is 0.357 e. The second kappa shape index (κ2) is 13.1. The van der Waals surface area contributed by atoms with E-state index in [0.717, 1.165) is 0 Å². The lowest BCUT2D eigenvalue weighted by molar-refractivity contribution is -0.301. The number of carbonyl (C=O) groups excluding carboxylic acids is 1. The van der Waals surface area contributed by atoms with Crippen LogP contribution in [0.15, 0.2) is 88.1 Å². The van der Waals surface area contributed by atoms with Crippen molar-refractivity contribution in [3.05, 3.63) is 122 Å². The topological polar surface area (TPSA) is 120 Å². The van der Waals surface area contributed by atoms with Crippen LogP contribution < -0.4 is 11.1 Å². The minimum atomic E-state index is -0.642. The smallest absolute Gasteiger partial charge is 0.357 e. The Balaban J connectivity index is 1.66. The second-order valence-corrected chi connectivity index (χ2v) is 8.08. The normalized spacial score (nSPS) is 10.9. The number of rotatable bonds is 11. The molecule has 0 saturated carbocycles. The average Bonchev–Trinajstić information content (AvgIpc) is 3.46. The molecule has 10 nitrogen and oxygen atoms in total. The Kier molecular flexibility index (Phi) is 9.10. The predicted octanol–water partition coefficient (Wildman–Crippen LogP) is 4.17. The van der Waals surface area contributed by atoms with E-state index in [0.29, 0.717) is 29.2 Å². The zero-order valence-corrected chi connectivity index (χ0v) is 21.5. The Morgan fingerprint density at radius 1 is 0.846 bits per heavy atom. The van der Waals surface area contributed by atoms with Crippen LogP contribution in [0.2, 0.25) is 0 Å². The molecule has 4 rings (SSSR count). The minimum Gasteiger partial charge on any atom is -0.461 e. The Hall–Kier alpha value is -4.89. The standard InChI is InChI=1S/C29H28N4O6/c1-3-37-29(36)26-24(28(35)33(31-26)22-16-10-6-11-17-22)19-13-7-12-18-23-25(20-39-38-4-2)30-32(27(23)34)21-14-8-5-9-15-21/h5-11,13-19,30-31H,3-4,20H2,1-2H3. The summed E-state index contributed by atoms with van der Waals surface area (Å²) >= 11 is 0. The van der Waals surface area contributed by atoms with Gasteiger partial charge in [-0.15, -0.1) is 5.73 Å². The van der Waals surface area contributed by atoms with Crippen molar-refractivity contribution >= 4 is 18.1 Å². The van der Waals surface area contributed by atoms with Gasteiger partial charge in [0.1, 0.15) is 6.61 Å². The van der Waals surface area contributed by atoms with Crippen molar-refractivity contribution in [2.75, 3.05) is 13.2 Å². The van der Waals surface area contributed by atoms with Gasteiger partial charge >= 0.3 is 5.97 Å². The number of ether oxygens (including phenoxy) is 1. The van der Waals surface area contributed by atoms with Crippen LogP contribution in [0.5, 0.6) is 0 Å². The fourth-order valence-corrected chi connectivity index (χ4v) is 3.75. The van der Waals surface area contributed by atoms with Crippen molar-refractivity contribution in [2.24, 2.45) is 0 Å². The van der Waals surface area contributed by atoms with Crippen LogP contribution in [0.25, 0.3) is 23.5 Å². The molecule has 4 aromatic rings. The van der Waals surface area contributed by atoms with Crippen molar-refractivity contribution in [3.8, 4) is 11.4 Å². The highest BCUT2D eigenvalue weighted by Gasteiger charge is 2.20. The molecule has 0 fully saturated rings. The summed E-state index contributed by atoms with van der Waals surface area (Å²) in [7, 11) is 0. The number of esters is 1. The summed E-state index contributed by atoms with van der Waals surface area (Å²) in [6.45, 7) is 4.03. The number of nitrogens with zero attached hydrogens (tertiary/aromatic N) is 2. The van der Waals surface area contributed by atoms with Gasteiger partial charge in [0.25, 0.3) is 11.1 Å². The van der Waals surface area contributed by atoms with Crippen LogP contribution in [0.1, 0.15) is 41.2 Å². The average molecular weight is 529 g/mol. The summed E-state index contributed by atoms with van der Waals surface area (Å²) in [6.07, 6.45) is 6.08. The van der Waals surface area contributed by atoms with E-state index in [1.165, 1.54) is 27.6 Å². The molecule has 0 radical (unpaired) electrons. The molecule has 39 heavy (non-hydrogen) atoms. The molecule has 0 unspecified atom stereocenters. The van der Waals surface area contributed by atoms with Crippen LogP contribution in [0.4, 0.5) is 0 Å². The number of aromatic amines is 2. The van der Waals surface area contributed by atoms with Gasteiger partial charge in [0.15, 0.2) is 5.69 Å². The zero-order valence-electron chi connectivity index (χ0n) is 21.5. The van der Waals surface area contributed by atoms with Crippen molar-refractivity contribution < 1.29 is 19.3 Å². The van der Waals surface area contributed by atoms with Gasteiger partial charge in [-0.3, -0.25) is 19.8 Å². The Labute approximate surface area is 224 Å². The van der Waals surface area contributed by atoms with Crippen LogP contribution in [0.3, 0.4) is 0 Å². The van der Waals surface area contributed by atoms with E-state index in [1.54, 1.807) is 56.3 Å². The number of aromatic nitrogens is 4. The predicted molar refractivity (Wildman–Crippen MR) is 147 cm³/mol. The van der Waals surface area contributed by atoms with Crippen molar-refractivity contribution in [1.29, 1.82) is 0 Å². The van der Waals surface area contributed by atoms with Gasteiger partial charge < -0.3 is 4.74 Å². The molecule has 0 aliphatic heterocycles. The number of nitrogens with one attached hydrogen (secondary N) is 2. The fraction of sp³-hybridized carbons (Fsp3) is 0.172. The van der Waals surface area contributed by atoms with Crippen molar-refractivity contribution in [1.82, 2.24) is 19.6 Å². The monoisotopic (exact) mass is 528 g/mol. The molecule has 0 amide bonds. The summed E-state index contributed by atoms with van der Waals surface area (Å²) in [5, 5.41) is 5.88. The van der Waals surface area contributed by atoms with Gasteiger partial charge in [0.2, 0.25) is 0 Å². The fourth-order valence-electron chi connectivity index (χ4n) is 3.75. The van der Waals surface area contributed by atoms with Crippen molar-refractivity contribution in [3.63, 3.8) is 0 Å². The molecule has 0 atom stereocenters. The Bertz CT molecular complexity index is 1620. The maximum absolute atomic E-state index is 13.1. The minimum absolute atomic E-state index is 0.0253. The second-order valence-electron chi connectivity index (χ2n) is 8.08. The molecule has 0 aliphatic rings. The number of allylic oxidation sites excluding steroid dienone is 2. The van der Waals surface area contributed by atoms with Gasteiger partial charge in [-0.2, -0.15) is 0 Å². The van der Waals surface area contributed by atoms with Gasteiger partial charge in [-0.1, -0.05) is 42.5 Å². The Morgan fingerprint density at radius 3 is 2.08 bits per heavy atom. The van der Waals surface area contributed by atoms with Gasteiger partial charge in [0, 0.05) is 0 Å². The number of para-hydroxylation sites is 2. The summed E-state index contributed by atoms with van der Waals surface area (Å²) in [6, 6.07) is 18.0. The Morgan fingerprint density at radius 2 is 1.46 bits per heavy atom. The molecule has 200 valence electrons. The van der Waals surface area contributed by atoms with E-state index in [2.05, 4.69) is 15.9 Å². The van der Waals surface area contributed by atoms with Crippen LogP contribution in [0, 0.1) is 0 Å². The first-order valence-corrected chi connectivity index (χ1v) is 12.4. The number of H-pyrrole nitrogens is 2. The first-order valence-electron chi connectivity index (χ1n) is 12.4. The third-order valence-corrected chi connectivity index (χ3v) is 5.53. The molecule has 0 bridgehead atoms. The molecule has 0 aliphatic carbocycles. The molecule has 2 aromatic heterocycles. The van der Waals surface area contributed by atoms with Crippen molar-refractivity contribution in [2.45, 2.75) is 20.5 Å². The van der Waals surface area contributed by atoms with Gasteiger partial charge in [0.05, 0.1) is 41.4 Å². The van der Waals surface area contributed by atoms with E-state index in [4.69, 9.17) is 14.5 Å². The molecule has 2 heterocycles. The van der Waals surface area contributed by atoms with E-state index < -0.39 is 11.5 Å². The summed E-state index contributed by atoms with van der Waals surface area (Å²) in [5.41, 5.74) is 4.48.